The third kappa shape index (κ3) is 5.25. The first kappa shape index (κ1) is 29.4. The van der Waals surface area contributed by atoms with Crippen LogP contribution in [0.1, 0.15) is 0 Å². The van der Waals surface area contributed by atoms with E-state index in [9.17, 15) is 0 Å². The number of oxazole rings is 1. The lowest BCUT2D eigenvalue weighted by Crippen LogP contribution is -2.09. The Balaban J connectivity index is 1.06. The van der Waals surface area contributed by atoms with Crippen molar-refractivity contribution in [2.75, 3.05) is 4.90 Å². The van der Waals surface area contributed by atoms with Gasteiger partial charge in [-0.3, -0.25) is 0 Å². The zero-order valence-corrected chi connectivity index (χ0v) is 28.3. The average molecular weight is 671 g/mol. The van der Waals surface area contributed by atoms with Crippen LogP contribution in [0.2, 0.25) is 0 Å². The van der Waals surface area contributed by atoms with Crippen LogP contribution in [-0.2, 0) is 0 Å². The first-order valence-corrected chi connectivity index (χ1v) is 17.9. The minimum absolute atomic E-state index is 0.629. The van der Waals surface area contributed by atoms with Gasteiger partial charge in [0.25, 0.3) is 0 Å². The van der Waals surface area contributed by atoms with Crippen molar-refractivity contribution in [1.82, 2.24) is 4.98 Å². The molecule has 8 aromatic carbocycles. The van der Waals surface area contributed by atoms with Crippen molar-refractivity contribution in [3.8, 4) is 33.7 Å². The SMILES string of the molecule is c1ccc(-c2nc3c(-c4ccc(N(c5ccc(-c6ccc7ccccc7c6)cc5)c5ccc6c(c5)sc5ccccc56)cc4)cccc3o2)cc1. The average Bonchev–Trinajstić information content (AvgIpc) is 3.81. The molecule has 0 atom stereocenters. The molecule has 240 valence electrons. The molecule has 0 radical (unpaired) electrons. The van der Waals surface area contributed by atoms with Gasteiger partial charge in [0.15, 0.2) is 5.58 Å². The molecular formula is C47H30N2OS. The van der Waals surface area contributed by atoms with E-state index in [-0.39, 0.29) is 0 Å². The van der Waals surface area contributed by atoms with Gasteiger partial charge in [0, 0.05) is 48.4 Å². The fourth-order valence-electron chi connectivity index (χ4n) is 7.15. The van der Waals surface area contributed by atoms with Crippen LogP contribution in [0.15, 0.2) is 186 Å². The number of hydrogen-bond acceptors (Lipinski definition) is 4. The number of fused-ring (bicyclic) bond motifs is 5. The smallest absolute Gasteiger partial charge is 0.227 e. The summed E-state index contributed by atoms with van der Waals surface area (Å²) in [6.45, 7) is 0. The van der Waals surface area contributed by atoms with Crippen molar-refractivity contribution in [2.45, 2.75) is 0 Å². The summed E-state index contributed by atoms with van der Waals surface area (Å²) in [6.07, 6.45) is 0. The molecular weight excluding hydrogens is 641 g/mol. The molecule has 0 saturated heterocycles. The molecule has 0 N–H and O–H groups in total. The molecule has 51 heavy (non-hydrogen) atoms. The molecule has 0 amide bonds. The van der Waals surface area contributed by atoms with Crippen LogP contribution in [0.25, 0.3) is 75.8 Å². The Labute approximate surface area is 299 Å². The normalized spacial score (nSPS) is 11.5. The number of aromatic nitrogens is 1. The summed E-state index contributed by atoms with van der Waals surface area (Å²) in [7, 11) is 0. The van der Waals surface area contributed by atoms with E-state index in [1.165, 1.54) is 42.1 Å². The number of thiophene rings is 1. The predicted molar refractivity (Wildman–Crippen MR) is 215 cm³/mol. The van der Waals surface area contributed by atoms with Crippen LogP contribution in [0, 0.1) is 0 Å². The molecule has 0 aliphatic heterocycles. The van der Waals surface area contributed by atoms with E-state index in [4.69, 9.17) is 9.40 Å². The molecule has 10 rings (SSSR count). The van der Waals surface area contributed by atoms with Crippen LogP contribution in [-0.4, -0.2) is 4.98 Å². The molecule has 0 saturated carbocycles. The van der Waals surface area contributed by atoms with E-state index in [1.807, 2.05) is 53.8 Å². The Morgan fingerprint density at radius 2 is 1.10 bits per heavy atom. The highest BCUT2D eigenvalue weighted by atomic mass is 32.1. The molecule has 0 bridgehead atoms. The second kappa shape index (κ2) is 12.1. The number of rotatable bonds is 6. The van der Waals surface area contributed by atoms with Gasteiger partial charge < -0.3 is 9.32 Å². The molecule has 2 aromatic heterocycles. The van der Waals surface area contributed by atoms with Crippen molar-refractivity contribution >= 4 is 70.4 Å². The maximum atomic E-state index is 6.20. The van der Waals surface area contributed by atoms with Crippen LogP contribution < -0.4 is 4.90 Å². The van der Waals surface area contributed by atoms with Gasteiger partial charge in [-0.05, 0) is 94.2 Å². The summed E-state index contributed by atoms with van der Waals surface area (Å²) in [4.78, 5) is 7.28. The molecule has 0 aliphatic rings. The van der Waals surface area contributed by atoms with Gasteiger partial charge in [-0.25, -0.2) is 4.98 Å². The summed E-state index contributed by atoms with van der Waals surface area (Å²) in [5.74, 6) is 0.629. The largest absolute Gasteiger partial charge is 0.436 e. The number of hydrogen-bond donors (Lipinski definition) is 0. The van der Waals surface area contributed by atoms with E-state index in [0.717, 1.165) is 44.9 Å². The van der Waals surface area contributed by atoms with Crippen molar-refractivity contribution in [1.29, 1.82) is 0 Å². The van der Waals surface area contributed by atoms with Gasteiger partial charge in [0.05, 0.1) is 0 Å². The van der Waals surface area contributed by atoms with Gasteiger partial charge in [-0.2, -0.15) is 0 Å². The molecule has 3 nitrogen and oxygen atoms in total. The Bertz CT molecular complexity index is 2850. The fraction of sp³-hybridized carbons (Fsp3) is 0. The summed E-state index contributed by atoms with van der Waals surface area (Å²) in [5.41, 5.74) is 10.4. The summed E-state index contributed by atoms with van der Waals surface area (Å²) < 4.78 is 8.77. The highest BCUT2D eigenvalue weighted by Gasteiger charge is 2.17. The molecule has 0 aliphatic carbocycles. The van der Waals surface area contributed by atoms with Gasteiger partial charge in [0.1, 0.15) is 5.52 Å². The van der Waals surface area contributed by atoms with Crippen molar-refractivity contribution in [3.05, 3.63) is 182 Å². The topological polar surface area (TPSA) is 29.3 Å². The molecule has 0 fully saturated rings. The van der Waals surface area contributed by atoms with E-state index in [2.05, 4.69) is 144 Å². The maximum Gasteiger partial charge on any atom is 0.227 e. The van der Waals surface area contributed by atoms with E-state index < -0.39 is 0 Å². The summed E-state index contributed by atoms with van der Waals surface area (Å²) in [5, 5.41) is 5.09. The second-order valence-electron chi connectivity index (χ2n) is 12.8. The summed E-state index contributed by atoms with van der Waals surface area (Å²) >= 11 is 1.84. The predicted octanol–water partition coefficient (Wildman–Crippen LogP) is 13.8. The monoisotopic (exact) mass is 670 g/mol. The fourth-order valence-corrected chi connectivity index (χ4v) is 8.29. The number of nitrogens with zero attached hydrogens (tertiary/aromatic N) is 2. The number of anilines is 3. The van der Waals surface area contributed by atoms with Crippen molar-refractivity contribution in [2.24, 2.45) is 0 Å². The molecule has 4 heteroatoms. The zero-order valence-electron chi connectivity index (χ0n) is 27.5. The Hall–Kier alpha value is -6.49. The molecule has 10 aromatic rings. The quantitative estimate of drug-likeness (QED) is 0.176. The van der Waals surface area contributed by atoms with Gasteiger partial charge >= 0.3 is 0 Å². The van der Waals surface area contributed by atoms with Crippen LogP contribution in [0.5, 0.6) is 0 Å². The van der Waals surface area contributed by atoms with E-state index >= 15 is 0 Å². The minimum atomic E-state index is 0.629. The van der Waals surface area contributed by atoms with Crippen LogP contribution in [0.3, 0.4) is 0 Å². The minimum Gasteiger partial charge on any atom is -0.436 e. The Morgan fingerprint density at radius 3 is 1.92 bits per heavy atom. The van der Waals surface area contributed by atoms with Crippen LogP contribution >= 0.6 is 11.3 Å². The van der Waals surface area contributed by atoms with Gasteiger partial charge in [0.2, 0.25) is 5.89 Å². The highest BCUT2D eigenvalue weighted by molar-refractivity contribution is 7.25. The second-order valence-corrected chi connectivity index (χ2v) is 13.9. The lowest BCUT2D eigenvalue weighted by Gasteiger charge is -2.26. The molecule has 0 spiro atoms. The molecule has 0 unspecified atom stereocenters. The van der Waals surface area contributed by atoms with Gasteiger partial charge in [-0.1, -0.05) is 115 Å². The van der Waals surface area contributed by atoms with E-state index in [0.29, 0.717) is 5.89 Å². The third-order valence-corrected chi connectivity index (χ3v) is 10.8. The standard InChI is InChI=1S/C47H30N2OS/c1-2-10-34(11-3-1)47-48-46-40(14-8-15-43(46)50-47)33-21-25-38(26-22-33)49(39-27-28-42-41-13-6-7-16-44(41)51-45(42)30-39)37-23-19-32(20-24-37)36-18-17-31-9-4-5-12-35(31)29-36/h1-30H. The maximum absolute atomic E-state index is 6.20. The third-order valence-electron chi connectivity index (χ3n) is 9.71. The lowest BCUT2D eigenvalue weighted by atomic mass is 10.0. The lowest BCUT2D eigenvalue weighted by molar-refractivity contribution is 0.620. The van der Waals surface area contributed by atoms with Crippen molar-refractivity contribution < 1.29 is 4.42 Å². The number of para-hydroxylation sites is 1. The molecule has 2 heterocycles. The van der Waals surface area contributed by atoms with Crippen LogP contribution in [0.4, 0.5) is 17.1 Å². The Kier molecular flexibility index (Phi) is 7.00. The number of benzene rings is 8. The Morgan fingerprint density at radius 1 is 0.431 bits per heavy atom. The van der Waals surface area contributed by atoms with E-state index in [1.54, 1.807) is 0 Å². The zero-order chi connectivity index (χ0) is 33.7. The highest BCUT2D eigenvalue weighted by Crippen LogP contribution is 2.42. The van der Waals surface area contributed by atoms with Gasteiger partial charge in [-0.15, -0.1) is 11.3 Å². The van der Waals surface area contributed by atoms with Crippen molar-refractivity contribution in [3.63, 3.8) is 0 Å². The first-order chi connectivity index (χ1) is 25.2. The first-order valence-electron chi connectivity index (χ1n) is 17.1. The summed E-state index contributed by atoms with van der Waals surface area (Å²) in [6, 6.07) is 64.6.